The third kappa shape index (κ3) is 1.69. The molecule has 0 amide bonds. The van der Waals surface area contributed by atoms with Crippen LogP contribution in [0.2, 0.25) is 0 Å². The molecule has 0 spiro atoms. The molecule has 0 unspecified atom stereocenters. The minimum Gasteiger partial charge on any atom is -0.472 e. The lowest BCUT2D eigenvalue weighted by molar-refractivity contribution is 0.568. The van der Waals surface area contributed by atoms with Crippen molar-refractivity contribution >= 4 is 5.82 Å². The lowest BCUT2D eigenvalue weighted by Crippen LogP contribution is -2.43. The number of rotatable bonds is 2. The van der Waals surface area contributed by atoms with Gasteiger partial charge >= 0.3 is 0 Å². The maximum Gasteiger partial charge on any atom is 0.151 e. The van der Waals surface area contributed by atoms with Gasteiger partial charge in [0.1, 0.15) is 0 Å². The second kappa shape index (κ2) is 4.02. The van der Waals surface area contributed by atoms with Gasteiger partial charge in [0.2, 0.25) is 0 Å². The first-order valence-electron chi connectivity index (χ1n) is 5.47. The summed E-state index contributed by atoms with van der Waals surface area (Å²) in [7, 11) is 0. The summed E-state index contributed by atoms with van der Waals surface area (Å²) in [5.41, 5.74) is 2.04. The number of furan rings is 1. The summed E-state index contributed by atoms with van der Waals surface area (Å²) in [6.07, 6.45) is 3.38. The zero-order valence-electron chi connectivity index (χ0n) is 8.94. The van der Waals surface area contributed by atoms with Crippen molar-refractivity contribution in [1.29, 1.82) is 0 Å². The van der Waals surface area contributed by atoms with Crippen LogP contribution >= 0.6 is 0 Å². The number of H-pyrrole nitrogens is 1. The Morgan fingerprint density at radius 2 is 2.19 bits per heavy atom. The predicted molar refractivity (Wildman–Crippen MR) is 61.4 cm³/mol. The summed E-state index contributed by atoms with van der Waals surface area (Å²) >= 11 is 0. The van der Waals surface area contributed by atoms with Gasteiger partial charge in [0.15, 0.2) is 5.82 Å². The van der Waals surface area contributed by atoms with Gasteiger partial charge in [-0.05, 0) is 6.07 Å². The number of anilines is 1. The fraction of sp³-hybridized carbons (Fsp3) is 0.364. The largest absolute Gasteiger partial charge is 0.472 e. The van der Waals surface area contributed by atoms with Crippen LogP contribution in [-0.4, -0.2) is 36.4 Å². The first-order chi connectivity index (χ1) is 7.93. The van der Waals surface area contributed by atoms with E-state index < -0.39 is 0 Å². The molecule has 0 atom stereocenters. The summed E-state index contributed by atoms with van der Waals surface area (Å²) in [6, 6.07) is 3.99. The van der Waals surface area contributed by atoms with Crippen molar-refractivity contribution in [1.82, 2.24) is 15.5 Å². The van der Waals surface area contributed by atoms with Crippen molar-refractivity contribution in [2.75, 3.05) is 31.1 Å². The number of hydrogen-bond acceptors (Lipinski definition) is 4. The van der Waals surface area contributed by atoms with Crippen LogP contribution in [0.1, 0.15) is 0 Å². The fourth-order valence-corrected chi connectivity index (χ4v) is 1.93. The van der Waals surface area contributed by atoms with Crippen LogP contribution in [0, 0.1) is 0 Å². The maximum absolute atomic E-state index is 5.05. The van der Waals surface area contributed by atoms with Gasteiger partial charge in [-0.15, -0.1) is 0 Å². The quantitative estimate of drug-likeness (QED) is 0.792. The monoisotopic (exact) mass is 218 g/mol. The van der Waals surface area contributed by atoms with Crippen LogP contribution in [0.3, 0.4) is 0 Å². The van der Waals surface area contributed by atoms with E-state index in [0.29, 0.717) is 0 Å². The number of nitrogens with one attached hydrogen (secondary N) is 2. The van der Waals surface area contributed by atoms with Gasteiger partial charge in [-0.1, -0.05) is 0 Å². The van der Waals surface area contributed by atoms with Gasteiger partial charge in [-0.2, -0.15) is 5.10 Å². The highest BCUT2D eigenvalue weighted by atomic mass is 16.3. The number of nitrogens with zero attached hydrogens (tertiary/aromatic N) is 2. The van der Waals surface area contributed by atoms with Crippen molar-refractivity contribution in [2.24, 2.45) is 0 Å². The lowest BCUT2D eigenvalue weighted by Gasteiger charge is -2.26. The molecule has 0 aliphatic carbocycles. The van der Waals surface area contributed by atoms with Crippen molar-refractivity contribution in [3.63, 3.8) is 0 Å². The van der Waals surface area contributed by atoms with E-state index in [9.17, 15) is 0 Å². The van der Waals surface area contributed by atoms with E-state index in [1.54, 1.807) is 12.5 Å². The highest BCUT2D eigenvalue weighted by Gasteiger charge is 2.14. The summed E-state index contributed by atoms with van der Waals surface area (Å²) in [5, 5.41) is 10.7. The Kier molecular flexibility index (Phi) is 2.38. The van der Waals surface area contributed by atoms with Crippen LogP contribution in [-0.2, 0) is 0 Å². The Morgan fingerprint density at radius 1 is 1.31 bits per heavy atom. The zero-order chi connectivity index (χ0) is 10.8. The van der Waals surface area contributed by atoms with Gasteiger partial charge < -0.3 is 14.6 Å². The number of aromatic nitrogens is 2. The molecule has 1 fully saturated rings. The predicted octanol–water partition coefficient (Wildman–Crippen LogP) is 1.08. The molecule has 1 saturated heterocycles. The minimum atomic E-state index is 1.00. The van der Waals surface area contributed by atoms with E-state index in [1.165, 1.54) is 0 Å². The molecular weight excluding hydrogens is 204 g/mol. The highest BCUT2D eigenvalue weighted by Crippen LogP contribution is 2.22. The maximum atomic E-state index is 5.05. The smallest absolute Gasteiger partial charge is 0.151 e. The van der Waals surface area contributed by atoms with E-state index in [-0.39, 0.29) is 0 Å². The third-order valence-electron chi connectivity index (χ3n) is 2.84. The SMILES string of the molecule is c1cc(-c2cc(N3CCNCC3)n[nH]2)co1. The molecule has 84 valence electrons. The third-order valence-corrected chi connectivity index (χ3v) is 2.84. The van der Waals surface area contributed by atoms with Crippen LogP contribution in [0.5, 0.6) is 0 Å². The number of aromatic amines is 1. The molecule has 16 heavy (non-hydrogen) atoms. The molecule has 2 aromatic heterocycles. The molecule has 0 saturated carbocycles. The van der Waals surface area contributed by atoms with Crippen LogP contribution in [0.15, 0.2) is 29.1 Å². The summed E-state index contributed by atoms with van der Waals surface area (Å²) in [4.78, 5) is 2.27. The van der Waals surface area contributed by atoms with Gasteiger partial charge in [-0.25, -0.2) is 0 Å². The second-order valence-corrected chi connectivity index (χ2v) is 3.89. The molecule has 2 N–H and O–H groups in total. The topological polar surface area (TPSA) is 57.1 Å². The summed E-state index contributed by atoms with van der Waals surface area (Å²) in [5.74, 6) is 1.01. The van der Waals surface area contributed by atoms with Crippen molar-refractivity contribution in [2.45, 2.75) is 0 Å². The number of piperazine rings is 1. The molecule has 5 heteroatoms. The van der Waals surface area contributed by atoms with Crippen molar-refractivity contribution in [3.8, 4) is 11.3 Å². The van der Waals surface area contributed by atoms with Crippen LogP contribution in [0.4, 0.5) is 5.82 Å². The summed E-state index contributed by atoms with van der Waals surface area (Å²) < 4.78 is 5.05. The van der Waals surface area contributed by atoms with Gasteiger partial charge in [0, 0.05) is 37.8 Å². The van der Waals surface area contributed by atoms with E-state index in [1.807, 2.05) is 6.07 Å². The molecule has 3 heterocycles. The molecule has 1 aliphatic rings. The molecule has 3 rings (SSSR count). The van der Waals surface area contributed by atoms with E-state index in [0.717, 1.165) is 43.3 Å². The van der Waals surface area contributed by atoms with Crippen molar-refractivity contribution in [3.05, 3.63) is 24.7 Å². The fourth-order valence-electron chi connectivity index (χ4n) is 1.93. The van der Waals surface area contributed by atoms with Gasteiger partial charge in [0.05, 0.1) is 18.2 Å². The van der Waals surface area contributed by atoms with Crippen LogP contribution in [0.25, 0.3) is 11.3 Å². The first kappa shape index (κ1) is 9.47. The van der Waals surface area contributed by atoms with Crippen LogP contribution < -0.4 is 10.2 Å². The average Bonchev–Trinajstić information content (AvgIpc) is 3.01. The Balaban J connectivity index is 1.82. The molecule has 0 aromatic carbocycles. The number of hydrogen-bond donors (Lipinski definition) is 2. The standard InChI is InChI=1S/C11H14N4O/c1-6-16-8-9(1)10-7-11(14-13-10)15-4-2-12-3-5-15/h1,6-8,12H,2-5H2,(H,13,14). The van der Waals surface area contributed by atoms with Gasteiger partial charge in [0.25, 0.3) is 0 Å². The Labute approximate surface area is 93.4 Å². The Bertz CT molecular complexity index is 442. The second-order valence-electron chi connectivity index (χ2n) is 3.89. The van der Waals surface area contributed by atoms with E-state index in [2.05, 4.69) is 26.5 Å². The Morgan fingerprint density at radius 3 is 2.94 bits per heavy atom. The molecule has 0 radical (unpaired) electrons. The Hall–Kier alpha value is -1.75. The minimum absolute atomic E-state index is 1.00. The van der Waals surface area contributed by atoms with E-state index in [4.69, 9.17) is 4.42 Å². The molecule has 0 bridgehead atoms. The highest BCUT2D eigenvalue weighted by molar-refractivity contribution is 5.61. The summed E-state index contributed by atoms with van der Waals surface area (Å²) in [6.45, 7) is 4.06. The van der Waals surface area contributed by atoms with Gasteiger partial charge in [-0.3, -0.25) is 5.10 Å². The molecule has 5 nitrogen and oxygen atoms in total. The molecule has 1 aliphatic heterocycles. The average molecular weight is 218 g/mol. The van der Waals surface area contributed by atoms with Crippen molar-refractivity contribution < 1.29 is 4.42 Å². The lowest BCUT2D eigenvalue weighted by atomic mass is 10.2. The first-order valence-corrected chi connectivity index (χ1v) is 5.47. The molecular formula is C11H14N4O. The van der Waals surface area contributed by atoms with E-state index >= 15 is 0 Å². The zero-order valence-corrected chi connectivity index (χ0v) is 8.94. The molecule has 2 aromatic rings. The normalized spacial score (nSPS) is 16.6.